The van der Waals surface area contributed by atoms with Gasteiger partial charge in [-0.2, -0.15) is 26.3 Å². The maximum atomic E-state index is 15.4. The van der Waals surface area contributed by atoms with Crippen molar-refractivity contribution in [1.29, 1.82) is 0 Å². The molecular formula is C28H31F8NO3. The van der Waals surface area contributed by atoms with Crippen molar-refractivity contribution in [3.05, 3.63) is 29.1 Å². The molecule has 4 unspecified atom stereocenters. The zero-order valence-electron chi connectivity index (χ0n) is 21.6. The number of aliphatic hydroxyl groups is 1. The van der Waals surface area contributed by atoms with Crippen LogP contribution in [0.25, 0.3) is 0 Å². The lowest BCUT2D eigenvalue weighted by Crippen LogP contribution is -2.67. The van der Waals surface area contributed by atoms with Gasteiger partial charge in [-0.25, -0.2) is 8.78 Å². The maximum absolute atomic E-state index is 15.4. The Morgan fingerprint density at radius 1 is 1.00 bits per heavy atom. The number of ether oxygens (including phenoxy) is 1. The Morgan fingerprint density at radius 3 is 2.33 bits per heavy atom. The first-order valence-electron chi connectivity index (χ1n) is 13.9. The van der Waals surface area contributed by atoms with Crippen molar-refractivity contribution in [3.63, 3.8) is 0 Å². The van der Waals surface area contributed by atoms with Crippen LogP contribution in [-0.2, 0) is 0 Å². The van der Waals surface area contributed by atoms with Crippen molar-refractivity contribution < 1.29 is 49.8 Å². The smallest absolute Gasteiger partial charge is 0.428 e. The van der Waals surface area contributed by atoms with Gasteiger partial charge in [0.05, 0.1) is 24.8 Å². The van der Waals surface area contributed by atoms with Crippen molar-refractivity contribution in [2.45, 2.75) is 93.9 Å². The fraction of sp³-hybridized carbons (Fsp3) is 0.750. The normalized spacial score (nSPS) is 34.0. The average Bonchev–Trinajstić information content (AvgIpc) is 3.58. The van der Waals surface area contributed by atoms with Crippen molar-refractivity contribution in [3.8, 4) is 5.75 Å². The molecule has 0 radical (unpaired) electrons. The summed E-state index contributed by atoms with van der Waals surface area (Å²) >= 11 is 0. The van der Waals surface area contributed by atoms with Crippen LogP contribution in [0.4, 0.5) is 35.1 Å². The van der Waals surface area contributed by atoms with Crippen LogP contribution in [0.2, 0.25) is 0 Å². The lowest BCUT2D eigenvalue weighted by atomic mass is 9.62. The second-order valence-corrected chi connectivity index (χ2v) is 12.8. The molecule has 6 atom stereocenters. The molecule has 4 saturated carbocycles. The van der Waals surface area contributed by atoms with E-state index in [0.29, 0.717) is 36.8 Å². The minimum atomic E-state index is -6.26. The van der Waals surface area contributed by atoms with Crippen LogP contribution < -0.4 is 4.74 Å². The topological polar surface area (TPSA) is 49.8 Å². The van der Waals surface area contributed by atoms with Crippen LogP contribution >= 0.6 is 0 Å². The molecule has 12 heteroatoms. The molecule has 6 rings (SSSR count). The zero-order chi connectivity index (χ0) is 28.8. The number of hydrogen-bond donors (Lipinski definition) is 1. The first-order chi connectivity index (χ1) is 18.6. The highest BCUT2D eigenvalue weighted by Gasteiger charge is 2.76. The van der Waals surface area contributed by atoms with E-state index in [4.69, 9.17) is 4.74 Å². The van der Waals surface area contributed by atoms with Gasteiger partial charge in [-0.1, -0.05) is 0 Å². The van der Waals surface area contributed by atoms with Crippen molar-refractivity contribution in [1.82, 2.24) is 4.90 Å². The highest BCUT2D eigenvalue weighted by molar-refractivity contribution is 5.95. The van der Waals surface area contributed by atoms with Gasteiger partial charge in [0, 0.05) is 17.9 Å². The number of alkyl halides is 7. The molecule has 40 heavy (non-hydrogen) atoms. The molecule has 4 nitrogen and oxygen atoms in total. The number of hydrogen-bond acceptors (Lipinski definition) is 3. The monoisotopic (exact) mass is 581 g/mol. The van der Waals surface area contributed by atoms with Gasteiger partial charge in [0.25, 0.3) is 11.5 Å². The van der Waals surface area contributed by atoms with E-state index < -0.39 is 60.4 Å². The van der Waals surface area contributed by atoms with Crippen LogP contribution in [0.3, 0.4) is 0 Å². The van der Waals surface area contributed by atoms with Crippen LogP contribution in [0.1, 0.15) is 79.6 Å². The van der Waals surface area contributed by atoms with Gasteiger partial charge in [0.1, 0.15) is 17.7 Å². The van der Waals surface area contributed by atoms with Crippen LogP contribution in [-0.4, -0.2) is 59.2 Å². The summed E-state index contributed by atoms with van der Waals surface area (Å²) in [5, 5.41) is 9.90. The minimum absolute atomic E-state index is 0.00900. The average molecular weight is 582 g/mol. The van der Waals surface area contributed by atoms with Gasteiger partial charge in [-0.3, -0.25) is 4.79 Å². The second-order valence-electron chi connectivity index (χ2n) is 12.8. The van der Waals surface area contributed by atoms with Crippen LogP contribution in [0, 0.1) is 29.0 Å². The fourth-order valence-corrected chi connectivity index (χ4v) is 8.15. The first-order valence-corrected chi connectivity index (χ1v) is 13.9. The van der Waals surface area contributed by atoms with Gasteiger partial charge < -0.3 is 14.7 Å². The molecule has 1 N–H and O–H groups in total. The van der Waals surface area contributed by atoms with Crippen molar-refractivity contribution in [2.75, 3.05) is 13.2 Å². The van der Waals surface area contributed by atoms with Crippen LogP contribution in [0.15, 0.2) is 12.1 Å². The van der Waals surface area contributed by atoms with Crippen molar-refractivity contribution >= 4 is 5.91 Å². The van der Waals surface area contributed by atoms with E-state index in [2.05, 4.69) is 0 Å². The molecule has 0 spiro atoms. The van der Waals surface area contributed by atoms with Gasteiger partial charge in [-0.15, -0.1) is 0 Å². The number of rotatable bonds is 6. The molecule has 1 amide bonds. The van der Waals surface area contributed by atoms with Crippen LogP contribution in [0.5, 0.6) is 5.75 Å². The van der Waals surface area contributed by atoms with E-state index in [0.717, 1.165) is 43.7 Å². The zero-order valence-corrected chi connectivity index (χ0v) is 21.6. The summed E-state index contributed by atoms with van der Waals surface area (Å²) in [5.41, 5.74) is -5.70. The SMILES string of the molecule is O=C(c1cc(C2CC2)c(OCC23CCC4CC(CC4C2)C3)cc1F)N1C[C@H](F)C[C@H]1C(O)(C(F)(F)F)C(F)(F)F. The molecule has 3 bridgehead atoms. The lowest BCUT2D eigenvalue weighted by Gasteiger charge is -2.44. The summed E-state index contributed by atoms with van der Waals surface area (Å²) in [4.78, 5) is 13.2. The summed E-state index contributed by atoms with van der Waals surface area (Å²) in [5.74, 6) is -0.500. The first kappa shape index (κ1) is 28.0. The maximum Gasteiger partial charge on any atom is 0.428 e. The number of carbonyl (C=O) groups is 1. The summed E-state index contributed by atoms with van der Waals surface area (Å²) in [6.07, 6.45) is -8.06. The largest absolute Gasteiger partial charge is 0.493 e. The molecule has 1 heterocycles. The number of halogens is 8. The summed E-state index contributed by atoms with van der Waals surface area (Å²) in [6.45, 7) is -0.763. The van der Waals surface area contributed by atoms with Gasteiger partial charge >= 0.3 is 12.4 Å². The summed E-state index contributed by atoms with van der Waals surface area (Å²) in [6, 6.07) is -0.920. The number of fused-ring (bicyclic) bond motifs is 2. The minimum Gasteiger partial charge on any atom is -0.493 e. The molecule has 4 aliphatic carbocycles. The molecular weight excluding hydrogens is 550 g/mol. The molecule has 1 aromatic carbocycles. The van der Waals surface area contributed by atoms with E-state index in [1.807, 2.05) is 0 Å². The number of nitrogens with zero attached hydrogens (tertiary/aromatic N) is 1. The van der Waals surface area contributed by atoms with E-state index >= 15 is 4.39 Å². The molecule has 1 saturated heterocycles. The standard InChI is InChI=1S/C28H31F8NO3/c29-18-7-23(26(39,27(31,32)33)28(34,35)36)37(12-18)24(38)20-8-19(15-1-2-15)22(9-21(20)30)40-13-25-4-3-16-5-14(10-25)6-17(16)11-25/h8-9,14-18,23,39H,1-7,10-13H2/t14?,16?,17?,18-,23+,25?/m1/s1. The second kappa shape index (κ2) is 9.19. The molecule has 5 fully saturated rings. The third kappa shape index (κ3) is 4.47. The van der Waals surface area contributed by atoms with E-state index in [9.17, 15) is 40.6 Å². The number of benzene rings is 1. The number of amides is 1. The van der Waals surface area contributed by atoms with Gasteiger partial charge in [0.2, 0.25) is 0 Å². The quantitative estimate of drug-likeness (QED) is 0.380. The number of likely N-dealkylation sites (tertiary alicyclic amines) is 1. The Balaban J connectivity index is 1.28. The van der Waals surface area contributed by atoms with E-state index in [1.54, 1.807) is 0 Å². The molecule has 0 aromatic heterocycles. The molecule has 5 aliphatic rings. The van der Waals surface area contributed by atoms with Gasteiger partial charge in [0.15, 0.2) is 0 Å². The van der Waals surface area contributed by atoms with Crippen molar-refractivity contribution in [2.24, 2.45) is 23.2 Å². The Hall–Kier alpha value is -2.11. The summed E-state index contributed by atoms with van der Waals surface area (Å²) < 4.78 is 117. The molecule has 222 valence electrons. The highest BCUT2D eigenvalue weighted by Crippen LogP contribution is 2.61. The molecule has 1 aliphatic heterocycles. The highest BCUT2D eigenvalue weighted by atomic mass is 19.4. The fourth-order valence-electron chi connectivity index (χ4n) is 8.15. The predicted octanol–water partition coefficient (Wildman–Crippen LogP) is 6.71. The third-order valence-corrected chi connectivity index (χ3v) is 10.1. The Bertz CT molecular complexity index is 1160. The van der Waals surface area contributed by atoms with E-state index in [-0.39, 0.29) is 22.0 Å². The predicted molar refractivity (Wildman–Crippen MR) is 126 cm³/mol. The number of carbonyl (C=O) groups excluding carboxylic acids is 1. The third-order valence-electron chi connectivity index (χ3n) is 10.1. The molecule has 1 aromatic rings. The Morgan fingerprint density at radius 2 is 1.68 bits per heavy atom. The lowest BCUT2D eigenvalue weighted by molar-refractivity contribution is -0.380. The summed E-state index contributed by atoms with van der Waals surface area (Å²) in [7, 11) is 0. The van der Waals surface area contributed by atoms with Gasteiger partial charge in [-0.05, 0) is 86.7 Å². The Kier molecular flexibility index (Phi) is 6.44. The Labute approximate surface area is 226 Å². The van der Waals surface area contributed by atoms with E-state index in [1.165, 1.54) is 12.8 Å².